The van der Waals surface area contributed by atoms with Crippen molar-refractivity contribution >= 4 is 17.3 Å². The van der Waals surface area contributed by atoms with E-state index >= 15 is 0 Å². The molecule has 0 amide bonds. The van der Waals surface area contributed by atoms with Crippen LogP contribution in [0.25, 0.3) is 0 Å². The van der Waals surface area contributed by atoms with Gasteiger partial charge in [0.1, 0.15) is 0 Å². The third-order valence-corrected chi connectivity index (χ3v) is 2.66. The number of anilines is 2. The van der Waals surface area contributed by atoms with Gasteiger partial charge < -0.3 is 20.3 Å². The Morgan fingerprint density at radius 2 is 2.35 bits per heavy atom. The molecule has 0 saturated carbocycles. The molecule has 7 heteroatoms. The van der Waals surface area contributed by atoms with Gasteiger partial charge in [-0.1, -0.05) is 11.2 Å². The van der Waals surface area contributed by atoms with Crippen LogP contribution in [0.15, 0.2) is 29.0 Å². The van der Waals surface area contributed by atoms with Gasteiger partial charge in [0.25, 0.3) is 0 Å². The lowest BCUT2D eigenvalue weighted by Crippen LogP contribution is -2.12. The summed E-state index contributed by atoms with van der Waals surface area (Å²) >= 11 is 0. The fourth-order valence-electron chi connectivity index (χ4n) is 1.72. The van der Waals surface area contributed by atoms with Gasteiger partial charge in [-0.3, -0.25) is 0 Å². The van der Waals surface area contributed by atoms with Gasteiger partial charge in [0.05, 0.1) is 23.5 Å². The van der Waals surface area contributed by atoms with E-state index in [-0.39, 0.29) is 0 Å². The molecule has 0 saturated heterocycles. The highest BCUT2D eigenvalue weighted by molar-refractivity contribution is 5.98. The first-order chi connectivity index (χ1) is 9.72. The zero-order valence-corrected chi connectivity index (χ0v) is 11.1. The van der Waals surface area contributed by atoms with Crippen LogP contribution in [-0.2, 0) is 11.2 Å². The number of rotatable bonds is 6. The number of benzene rings is 1. The van der Waals surface area contributed by atoms with Gasteiger partial charge in [0.2, 0.25) is 5.89 Å². The number of nitrogens with zero attached hydrogens (tertiary/aromatic N) is 2. The van der Waals surface area contributed by atoms with Gasteiger partial charge in [-0.05, 0) is 19.1 Å². The van der Waals surface area contributed by atoms with E-state index in [0.717, 1.165) is 0 Å². The van der Waals surface area contributed by atoms with Crippen LogP contribution in [0.3, 0.4) is 0 Å². The molecule has 2 aromatic rings. The number of hydrogen-bond acceptors (Lipinski definition) is 7. The zero-order chi connectivity index (χ0) is 14.4. The molecule has 7 nitrogen and oxygen atoms in total. The molecule has 0 unspecified atom stereocenters. The fourth-order valence-corrected chi connectivity index (χ4v) is 1.72. The number of ether oxygens (including phenoxy) is 1. The van der Waals surface area contributed by atoms with Crippen molar-refractivity contribution in [1.82, 2.24) is 10.1 Å². The Kier molecular flexibility index (Phi) is 4.54. The van der Waals surface area contributed by atoms with E-state index in [1.54, 1.807) is 25.1 Å². The number of aromatic nitrogens is 2. The molecule has 106 valence electrons. The summed E-state index contributed by atoms with van der Waals surface area (Å²) in [6.07, 6.45) is 1.92. The second-order valence-electron chi connectivity index (χ2n) is 4.00. The molecule has 0 aliphatic carbocycles. The molecule has 0 spiro atoms. The van der Waals surface area contributed by atoms with Crippen LogP contribution < -0.4 is 11.1 Å². The molecule has 1 aromatic heterocycles. The highest BCUT2D eigenvalue weighted by atomic mass is 16.5. The van der Waals surface area contributed by atoms with Crippen molar-refractivity contribution in [3.05, 3.63) is 36.0 Å². The van der Waals surface area contributed by atoms with Crippen molar-refractivity contribution < 1.29 is 14.1 Å². The number of nitrogens with one attached hydrogen (secondary N) is 1. The van der Waals surface area contributed by atoms with Gasteiger partial charge in [0.15, 0.2) is 6.33 Å². The van der Waals surface area contributed by atoms with Crippen LogP contribution in [-0.4, -0.2) is 29.3 Å². The van der Waals surface area contributed by atoms with Gasteiger partial charge in [-0.25, -0.2) is 4.79 Å². The van der Waals surface area contributed by atoms with E-state index < -0.39 is 5.97 Å². The minimum Gasteiger partial charge on any atom is -0.462 e. The van der Waals surface area contributed by atoms with Crippen molar-refractivity contribution in [2.75, 3.05) is 24.2 Å². The van der Waals surface area contributed by atoms with Gasteiger partial charge >= 0.3 is 5.97 Å². The Labute approximate surface area is 116 Å². The van der Waals surface area contributed by atoms with Crippen molar-refractivity contribution in [1.29, 1.82) is 0 Å². The topological polar surface area (TPSA) is 103 Å². The maximum atomic E-state index is 11.7. The maximum Gasteiger partial charge on any atom is 0.340 e. The van der Waals surface area contributed by atoms with Crippen LogP contribution >= 0.6 is 0 Å². The predicted octanol–water partition coefficient (Wildman–Crippen LogP) is 1.48. The number of hydrogen-bond donors (Lipinski definition) is 2. The van der Waals surface area contributed by atoms with Crippen LogP contribution in [0.2, 0.25) is 0 Å². The van der Waals surface area contributed by atoms with Crippen molar-refractivity contribution in [3.8, 4) is 0 Å². The Morgan fingerprint density at radius 3 is 3.05 bits per heavy atom. The summed E-state index contributed by atoms with van der Waals surface area (Å²) in [4.78, 5) is 15.6. The monoisotopic (exact) mass is 276 g/mol. The Balaban J connectivity index is 2.01. The van der Waals surface area contributed by atoms with E-state index in [2.05, 4.69) is 15.5 Å². The van der Waals surface area contributed by atoms with Gasteiger partial charge in [-0.2, -0.15) is 4.98 Å². The molecule has 3 N–H and O–H groups in total. The maximum absolute atomic E-state index is 11.7. The van der Waals surface area contributed by atoms with Gasteiger partial charge in [-0.15, -0.1) is 0 Å². The Bertz CT molecular complexity index is 569. The minimum absolute atomic E-state index is 0.313. The summed E-state index contributed by atoms with van der Waals surface area (Å²) in [5.41, 5.74) is 7.36. The number of nitrogen functional groups attached to an aromatic ring is 1. The lowest BCUT2D eigenvalue weighted by Gasteiger charge is -2.11. The predicted molar refractivity (Wildman–Crippen MR) is 73.3 cm³/mol. The van der Waals surface area contributed by atoms with Gasteiger partial charge in [0, 0.05) is 13.0 Å². The third kappa shape index (κ3) is 3.25. The quantitative estimate of drug-likeness (QED) is 0.608. The summed E-state index contributed by atoms with van der Waals surface area (Å²) in [5.74, 6) is 0.114. The molecule has 0 radical (unpaired) electrons. The molecule has 20 heavy (non-hydrogen) atoms. The van der Waals surface area contributed by atoms with Crippen LogP contribution in [0.4, 0.5) is 11.4 Å². The summed E-state index contributed by atoms with van der Waals surface area (Å²) in [5, 5.41) is 6.65. The summed E-state index contributed by atoms with van der Waals surface area (Å²) in [6, 6.07) is 5.18. The zero-order valence-electron chi connectivity index (χ0n) is 11.1. The van der Waals surface area contributed by atoms with Crippen LogP contribution in [0.5, 0.6) is 0 Å². The lowest BCUT2D eigenvalue weighted by molar-refractivity contribution is 0.0527. The molecule has 0 atom stereocenters. The first-order valence-corrected chi connectivity index (χ1v) is 6.27. The van der Waals surface area contributed by atoms with Crippen molar-refractivity contribution in [2.24, 2.45) is 0 Å². The van der Waals surface area contributed by atoms with Crippen molar-refractivity contribution in [2.45, 2.75) is 13.3 Å². The van der Waals surface area contributed by atoms with E-state index in [9.17, 15) is 4.79 Å². The van der Waals surface area contributed by atoms with Crippen LogP contribution in [0, 0.1) is 0 Å². The number of para-hydroxylation sites is 1. The molecule has 0 fully saturated rings. The molecule has 2 rings (SSSR count). The highest BCUT2D eigenvalue weighted by Gasteiger charge is 2.13. The fraction of sp³-hybridized carbons (Fsp3) is 0.308. The van der Waals surface area contributed by atoms with E-state index in [0.29, 0.717) is 42.4 Å². The second-order valence-corrected chi connectivity index (χ2v) is 4.00. The smallest absolute Gasteiger partial charge is 0.340 e. The number of carbonyl (C=O) groups is 1. The summed E-state index contributed by atoms with van der Waals surface area (Å²) in [6.45, 7) is 2.63. The SMILES string of the molecule is CCOC(=O)c1cccc(NCCc2ncno2)c1N. The Hall–Kier alpha value is -2.57. The molecular formula is C13H16N4O3. The summed E-state index contributed by atoms with van der Waals surface area (Å²) in [7, 11) is 0. The number of nitrogens with two attached hydrogens (primary N) is 1. The average Bonchev–Trinajstić information content (AvgIpc) is 2.94. The normalized spacial score (nSPS) is 10.2. The number of carbonyl (C=O) groups excluding carboxylic acids is 1. The van der Waals surface area contributed by atoms with E-state index in [1.165, 1.54) is 6.33 Å². The highest BCUT2D eigenvalue weighted by Crippen LogP contribution is 2.23. The lowest BCUT2D eigenvalue weighted by atomic mass is 10.1. The molecule has 1 heterocycles. The molecule has 0 aliphatic rings. The summed E-state index contributed by atoms with van der Waals surface area (Å²) < 4.78 is 9.84. The molecule has 0 bridgehead atoms. The first kappa shape index (κ1) is 13.9. The molecule has 1 aromatic carbocycles. The largest absolute Gasteiger partial charge is 0.462 e. The minimum atomic E-state index is -0.425. The van der Waals surface area contributed by atoms with E-state index in [1.807, 2.05) is 0 Å². The average molecular weight is 276 g/mol. The Morgan fingerprint density at radius 1 is 1.50 bits per heavy atom. The molecular weight excluding hydrogens is 260 g/mol. The molecule has 0 aliphatic heterocycles. The van der Waals surface area contributed by atoms with Crippen molar-refractivity contribution in [3.63, 3.8) is 0 Å². The first-order valence-electron chi connectivity index (χ1n) is 6.27. The van der Waals surface area contributed by atoms with Crippen LogP contribution in [0.1, 0.15) is 23.2 Å². The standard InChI is InChI=1S/C13H16N4O3/c1-2-19-13(18)9-4-3-5-10(12(9)14)15-7-6-11-16-8-17-20-11/h3-5,8,15H,2,6-7,14H2,1H3. The number of esters is 1. The third-order valence-electron chi connectivity index (χ3n) is 2.66. The second kappa shape index (κ2) is 6.55. The van der Waals surface area contributed by atoms with E-state index in [4.69, 9.17) is 15.0 Å².